The molecule has 0 aliphatic heterocycles. The Labute approximate surface area is 171 Å². The Hall–Kier alpha value is -2.42. The van der Waals surface area contributed by atoms with Gasteiger partial charge in [-0.15, -0.1) is 0 Å². The van der Waals surface area contributed by atoms with Gasteiger partial charge in [-0.05, 0) is 69.2 Å². The van der Waals surface area contributed by atoms with Crippen LogP contribution >= 0.6 is 15.9 Å². The van der Waals surface area contributed by atoms with Crippen LogP contribution in [-0.4, -0.2) is 39.9 Å². The molecular formula is C20H18BrNO5S. The lowest BCUT2D eigenvalue weighted by molar-refractivity contribution is 0.0734. The topological polar surface area (TPSA) is 72.9 Å². The molecule has 8 heteroatoms. The number of ether oxygens (including phenoxy) is 2. The van der Waals surface area contributed by atoms with Crippen LogP contribution in [0.3, 0.4) is 0 Å². The molecule has 0 amide bonds. The summed E-state index contributed by atoms with van der Waals surface area (Å²) >= 11 is 3.22. The van der Waals surface area contributed by atoms with Crippen molar-refractivity contribution in [3.63, 3.8) is 0 Å². The van der Waals surface area contributed by atoms with Crippen molar-refractivity contribution in [2.45, 2.75) is 4.90 Å². The molecule has 0 unspecified atom stereocenters. The number of esters is 1. The predicted molar refractivity (Wildman–Crippen MR) is 110 cm³/mol. The van der Waals surface area contributed by atoms with Gasteiger partial charge in [-0.1, -0.05) is 12.1 Å². The van der Waals surface area contributed by atoms with Crippen LogP contribution in [0.1, 0.15) is 10.4 Å². The molecule has 0 saturated carbocycles. The van der Waals surface area contributed by atoms with Gasteiger partial charge in [0.15, 0.2) is 0 Å². The molecule has 0 fully saturated rings. The lowest BCUT2D eigenvalue weighted by atomic mass is 10.1. The number of fused-ring (bicyclic) bond motifs is 1. The van der Waals surface area contributed by atoms with E-state index in [1.807, 2.05) is 24.3 Å². The van der Waals surface area contributed by atoms with Gasteiger partial charge in [-0.2, -0.15) is 0 Å². The third kappa shape index (κ3) is 4.04. The van der Waals surface area contributed by atoms with E-state index in [4.69, 9.17) is 9.47 Å². The van der Waals surface area contributed by atoms with Crippen LogP contribution < -0.4 is 9.47 Å². The molecule has 0 spiro atoms. The van der Waals surface area contributed by atoms with Gasteiger partial charge in [0, 0.05) is 18.6 Å². The van der Waals surface area contributed by atoms with Crippen LogP contribution in [0, 0.1) is 0 Å². The number of hydrogen-bond donors (Lipinski definition) is 0. The molecule has 28 heavy (non-hydrogen) atoms. The number of benzene rings is 3. The number of methoxy groups -OCH3 is 1. The largest absolute Gasteiger partial charge is 0.497 e. The fourth-order valence-corrected chi connectivity index (χ4v) is 4.43. The van der Waals surface area contributed by atoms with E-state index in [9.17, 15) is 13.2 Å². The summed E-state index contributed by atoms with van der Waals surface area (Å²) in [5.74, 6) is 0.401. The van der Waals surface area contributed by atoms with E-state index in [-0.39, 0.29) is 10.5 Å². The maximum Gasteiger partial charge on any atom is 0.343 e. The van der Waals surface area contributed by atoms with Crippen molar-refractivity contribution in [1.29, 1.82) is 0 Å². The fourth-order valence-electron chi connectivity index (χ4n) is 2.58. The van der Waals surface area contributed by atoms with Gasteiger partial charge >= 0.3 is 5.97 Å². The number of halogens is 1. The minimum absolute atomic E-state index is 0.00445. The van der Waals surface area contributed by atoms with Crippen LogP contribution in [0.2, 0.25) is 0 Å². The number of carbonyl (C=O) groups excluding carboxylic acids is 1. The molecule has 0 aliphatic rings. The highest BCUT2D eigenvalue weighted by atomic mass is 79.9. The average Bonchev–Trinajstić information content (AvgIpc) is 2.67. The molecule has 3 rings (SSSR count). The molecule has 3 aromatic carbocycles. The Morgan fingerprint density at radius 2 is 1.57 bits per heavy atom. The van der Waals surface area contributed by atoms with Crippen LogP contribution in [-0.2, 0) is 10.0 Å². The van der Waals surface area contributed by atoms with Crippen molar-refractivity contribution in [1.82, 2.24) is 4.31 Å². The zero-order valence-corrected chi connectivity index (χ0v) is 17.9. The molecular weight excluding hydrogens is 446 g/mol. The molecule has 0 bridgehead atoms. The highest BCUT2D eigenvalue weighted by Gasteiger charge is 2.22. The van der Waals surface area contributed by atoms with E-state index in [1.54, 1.807) is 19.2 Å². The zero-order chi connectivity index (χ0) is 20.5. The Kier molecular flexibility index (Phi) is 5.74. The van der Waals surface area contributed by atoms with Gasteiger partial charge in [0.25, 0.3) is 0 Å². The standard InChI is InChI=1S/C20H18BrNO5S/c1-22(2)28(24,25)19-12-14(6-9-18(19)21)20(23)27-17-8-5-13-4-7-16(26-3)10-15(13)11-17/h4-12H,1-3H3. The molecule has 6 nitrogen and oxygen atoms in total. The average molecular weight is 464 g/mol. The third-order valence-electron chi connectivity index (χ3n) is 4.15. The second-order valence-corrected chi connectivity index (χ2v) is 9.17. The molecule has 3 aromatic rings. The van der Waals surface area contributed by atoms with Crippen LogP contribution in [0.25, 0.3) is 10.8 Å². The van der Waals surface area contributed by atoms with Crippen LogP contribution in [0.15, 0.2) is 64.0 Å². The first kappa shape index (κ1) is 20.3. The molecule has 146 valence electrons. The maximum atomic E-state index is 12.6. The molecule has 0 atom stereocenters. The van der Waals surface area contributed by atoms with Crippen LogP contribution in [0.5, 0.6) is 11.5 Å². The first-order valence-electron chi connectivity index (χ1n) is 8.24. The summed E-state index contributed by atoms with van der Waals surface area (Å²) in [7, 11) is 0.727. The van der Waals surface area contributed by atoms with E-state index in [0.29, 0.717) is 16.0 Å². The van der Waals surface area contributed by atoms with Crippen molar-refractivity contribution in [3.8, 4) is 11.5 Å². The first-order valence-corrected chi connectivity index (χ1v) is 10.5. The number of rotatable bonds is 5. The normalized spacial score (nSPS) is 11.6. The van der Waals surface area contributed by atoms with Crippen molar-refractivity contribution in [2.75, 3.05) is 21.2 Å². The second-order valence-electron chi connectivity index (χ2n) is 6.20. The predicted octanol–water partition coefficient (Wildman–Crippen LogP) is 4.08. The smallest absolute Gasteiger partial charge is 0.343 e. The zero-order valence-electron chi connectivity index (χ0n) is 15.5. The SMILES string of the molecule is COc1ccc2ccc(OC(=O)c3ccc(Br)c(S(=O)(=O)N(C)C)c3)cc2c1. The van der Waals surface area contributed by atoms with Crippen molar-refractivity contribution in [2.24, 2.45) is 0 Å². The summed E-state index contributed by atoms with van der Waals surface area (Å²) < 4.78 is 37.0. The Morgan fingerprint density at radius 3 is 2.21 bits per heavy atom. The number of hydrogen-bond acceptors (Lipinski definition) is 5. The van der Waals surface area contributed by atoms with E-state index in [1.165, 1.54) is 32.3 Å². The lowest BCUT2D eigenvalue weighted by Gasteiger charge is -2.14. The summed E-state index contributed by atoms with van der Waals surface area (Å²) in [6.45, 7) is 0. The minimum Gasteiger partial charge on any atom is -0.497 e. The summed E-state index contributed by atoms with van der Waals surface area (Å²) in [5.41, 5.74) is 0.134. The van der Waals surface area contributed by atoms with Gasteiger partial charge < -0.3 is 9.47 Å². The summed E-state index contributed by atoms with van der Waals surface area (Å²) in [6, 6.07) is 15.2. The van der Waals surface area contributed by atoms with E-state index >= 15 is 0 Å². The Balaban J connectivity index is 1.92. The summed E-state index contributed by atoms with van der Waals surface area (Å²) in [4.78, 5) is 12.6. The minimum atomic E-state index is -3.71. The number of nitrogens with zero attached hydrogens (tertiary/aromatic N) is 1. The van der Waals surface area contributed by atoms with Crippen LogP contribution in [0.4, 0.5) is 0 Å². The molecule has 0 N–H and O–H groups in total. The Morgan fingerprint density at radius 1 is 0.929 bits per heavy atom. The molecule has 0 radical (unpaired) electrons. The second kappa shape index (κ2) is 7.90. The van der Waals surface area contributed by atoms with Gasteiger partial charge in [-0.25, -0.2) is 17.5 Å². The molecule has 0 heterocycles. The molecule has 0 aliphatic carbocycles. The fraction of sp³-hybridized carbons (Fsp3) is 0.150. The third-order valence-corrected chi connectivity index (χ3v) is 6.96. The monoisotopic (exact) mass is 463 g/mol. The van der Waals surface area contributed by atoms with Gasteiger partial charge in [0.1, 0.15) is 11.5 Å². The summed E-state index contributed by atoms with van der Waals surface area (Å²) in [5, 5.41) is 1.83. The van der Waals surface area contributed by atoms with Gasteiger partial charge in [0.2, 0.25) is 10.0 Å². The first-order chi connectivity index (χ1) is 13.2. The van der Waals surface area contributed by atoms with E-state index in [2.05, 4.69) is 15.9 Å². The highest BCUT2D eigenvalue weighted by Crippen LogP contribution is 2.28. The molecule has 0 saturated heterocycles. The van der Waals surface area contributed by atoms with Crippen molar-refractivity contribution in [3.05, 3.63) is 64.6 Å². The number of carbonyl (C=O) groups is 1. The Bertz CT molecular complexity index is 1160. The van der Waals surface area contributed by atoms with Gasteiger partial charge in [-0.3, -0.25) is 0 Å². The number of sulfonamides is 1. The quantitative estimate of drug-likeness (QED) is 0.420. The summed E-state index contributed by atoms with van der Waals surface area (Å²) in [6.07, 6.45) is 0. The van der Waals surface area contributed by atoms with E-state index in [0.717, 1.165) is 15.1 Å². The molecule has 0 aromatic heterocycles. The van der Waals surface area contributed by atoms with Crippen molar-refractivity contribution >= 4 is 42.7 Å². The highest BCUT2D eigenvalue weighted by molar-refractivity contribution is 9.10. The maximum absolute atomic E-state index is 12.6. The van der Waals surface area contributed by atoms with Gasteiger partial charge in [0.05, 0.1) is 17.6 Å². The van der Waals surface area contributed by atoms with Crippen molar-refractivity contribution < 1.29 is 22.7 Å². The lowest BCUT2D eigenvalue weighted by Crippen LogP contribution is -2.23. The van der Waals surface area contributed by atoms with E-state index < -0.39 is 16.0 Å².